The minimum Gasteiger partial charge on any atom is -0.507 e. The second-order valence-corrected chi connectivity index (χ2v) is 3.82. The Labute approximate surface area is 107 Å². The number of carbonyl (C=O) groups is 1. The summed E-state index contributed by atoms with van der Waals surface area (Å²) < 4.78 is 26.4. The van der Waals surface area contributed by atoms with E-state index < -0.39 is 28.9 Å². The summed E-state index contributed by atoms with van der Waals surface area (Å²) in [6, 6.07) is 7.07. The SMILES string of the molecule is Nc1cc(NC(=O)c2c(O)cccc2F)ccc1F. The zero-order valence-electron chi connectivity index (χ0n) is 9.65. The van der Waals surface area contributed by atoms with Crippen LogP contribution < -0.4 is 11.1 Å². The topological polar surface area (TPSA) is 75.3 Å². The van der Waals surface area contributed by atoms with Crippen LogP contribution in [0.2, 0.25) is 0 Å². The summed E-state index contributed by atoms with van der Waals surface area (Å²) in [5.41, 5.74) is 4.92. The molecule has 6 heteroatoms. The van der Waals surface area contributed by atoms with Crippen molar-refractivity contribution in [3.63, 3.8) is 0 Å². The molecule has 0 saturated heterocycles. The lowest BCUT2D eigenvalue weighted by atomic mass is 10.1. The van der Waals surface area contributed by atoms with Crippen molar-refractivity contribution in [2.75, 3.05) is 11.1 Å². The summed E-state index contributed by atoms with van der Waals surface area (Å²) in [7, 11) is 0. The van der Waals surface area contributed by atoms with Gasteiger partial charge in [-0.3, -0.25) is 4.79 Å². The van der Waals surface area contributed by atoms with E-state index >= 15 is 0 Å². The summed E-state index contributed by atoms with van der Waals surface area (Å²) >= 11 is 0. The van der Waals surface area contributed by atoms with Gasteiger partial charge in [0.25, 0.3) is 5.91 Å². The zero-order chi connectivity index (χ0) is 14.0. The van der Waals surface area contributed by atoms with Crippen LogP contribution in [0.25, 0.3) is 0 Å². The molecule has 0 saturated carbocycles. The Bertz CT molecular complexity index is 624. The number of carbonyl (C=O) groups excluding carboxylic acids is 1. The van der Waals surface area contributed by atoms with Gasteiger partial charge in [0.1, 0.15) is 22.9 Å². The Kier molecular flexibility index (Phi) is 3.33. The van der Waals surface area contributed by atoms with Crippen molar-refractivity contribution in [3.05, 3.63) is 53.6 Å². The van der Waals surface area contributed by atoms with Gasteiger partial charge in [-0.05, 0) is 30.3 Å². The third-order valence-corrected chi connectivity index (χ3v) is 2.47. The van der Waals surface area contributed by atoms with Gasteiger partial charge in [0, 0.05) is 5.69 Å². The van der Waals surface area contributed by atoms with Gasteiger partial charge in [0.2, 0.25) is 0 Å². The van der Waals surface area contributed by atoms with Gasteiger partial charge in [-0.1, -0.05) is 6.07 Å². The number of halogens is 2. The number of benzene rings is 2. The van der Waals surface area contributed by atoms with Crippen molar-refractivity contribution in [2.24, 2.45) is 0 Å². The lowest BCUT2D eigenvalue weighted by Crippen LogP contribution is -2.14. The molecule has 0 unspecified atom stereocenters. The van der Waals surface area contributed by atoms with E-state index in [1.807, 2.05) is 0 Å². The van der Waals surface area contributed by atoms with Crippen LogP contribution in [-0.4, -0.2) is 11.0 Å². The number of nitrogen functional groups attached to an aromatic ring is 1. The Morgan fingerprint density at radius 1 is 1.16 bits per heavy atom. The maximum Gasteiger partial charge on any atom is 0.262 e. The minimum atomic E-state index is -0.854. The van der Waals surface area contributed by atoms with Crippen LogP contribution in [0.3, 0.4) is 0 Å². The van der Waals surface area contributed by atoms with Gasteiger partial charge < -0.3 is 16.2 Å². The number of amides is 1. The number of hydrogen-bond donors (Lipinski definition) is 3. The number of phenols is 1. The molecule has 4 nitrogen and oxygen atoms in total. The number of hydrogen-bond acceptors (Lipinski definition) is 3. The van der Waals surface area contributed by atoms with Gasteiger partial charge in [0.05, 0.1) is 5.69 Å². The predicted octanol–water partition coefficient (Wildman–Crippen LogP) is 2.50. The van der Waals surface area contributed by atoms with Gasteiger partial charge in [0.15, 0.2) is 0 Å². The molecule has 0 aromatic heterocycles. The summed E-state index contributed by atoms with van der Waals surface area (Å²) in [6.07, 6.45) is 0. The number of anilines is 2. The highest BCUT2D eigenvalue weighted by atomic mass is 19.1. The van der Waals surface area contributed by atoms with Crippen molar-refractivity contribution in [3.8, 4) is 5.75 Å². The van der Waals surface area contributed by atoms with Crippen LogP contribution in [0.1, 0.15) is 10.4 Å². The first kappa shape index (κ1) is 12.8. The highest BCUT2D eigenvalue weighted by Crippen LogP contribution is 2.22. The number of rotatable bonds is 2. The Balaban J connectivity index is 2.28. The Morgan fingerprint density at radius 2 is 1.89 bits per heavy atom. The summed E-state index contributed by atoms with van der Waals surface area (Å²) in [4.78, 5) is 11.8. The molecule has 0 spiro atoms. The first-order chi connectivity index (χ1) is 8.99. The molecule has 19 heavy (non-hydrogen) atoms. The van der Waals surface area contributed by atoms with Crippen LogP contribution in [0.5, 0.6) is 5.75 Å². The van der Waals surface area contributed by atoms with E-state index in [2.05, 4.69) is 5.32 Å². The smallest absolute Gasteiger partial charge is 0.262 e. The standard InChI is InChI=1S/C13H10F2N2O2/c14-8-5-4-7(6-10(8)16)17-13(19)12-9(15)2-1-3-11(12)18/h1-6,18H,16H2,(H,17,19). The molecule has 2 rings (SSSR count). The normalized spacial score (nSPS) is 10.2. The molecule has 0 fully saturated rings. The molecule has 0 aliphatic carbocycles. The fourth-order valence-corrected chi connectivity index (χ4v) is 1.55. The fraction of sp³-hybridized carbons (Fsp3) is 0. The molecule has 0 radical (unpaired) electrons. The molecule has 0 heterocycles. The van der Waals surface area contributed by atoms with Crippen LogP contribution in [-0.2, 0) is 0 Å². The maximum atomic E-state index is 13.4. The van der Waals surface area contributed by atoms with Crippen LogP contribution in [0, 0.1) is 11.6 Å². The van der Waals surface area contributed by atoms with Crippen LogP contribution in [0.4, 0.5) is 20.2 Å². The number of nitrogens with two attached hydrogens (primary N) is 1. The molecular formula is C13H10F2N2O2. The first-order valence-electron chi connectivity index (χ1n) is 5.33. The third kappa shape index (κ3) is 2.62. The molecule has 2 aromatic rings. The summed E-state index contributed by atoms with van der Waals surface area (Å²) in [6.45, 7) is 0. The Morgan fingerprint density at radius 3 is 2.53 bits per heavy atom. The lowest BCUT2D eigenvalue weighted by Gasteiger charge is -2.08. The van der Waals surface area contributed by atoms with E-state index in [0.29, 0.717) is 0 Å². The third-order valence-electron chi connectivity index (χ3n) is 2.47. The maximum absolute atomic E-state index is 13.4. The van der Waals surface area contributed by atoms with Gasteiger partial charge in [-0.2, -0.15) is 0 Å². The van der Waals surface area contributed by atoms with Crippen molar-refractivity contribution >= 4 is 17.3 Å². The summed E-state index contributed by atoms with van der Waals surface area (Å²) in [5.74, 6) is -2.80. The second kappa shape index (κ2) is 4.93. The molecule has 0 aliphatic rings. The van der Waals surface area contributed by atoms with Crippen molar-refractivity contribution in [2.45, 2.75) is 0 Å². The molecule has 0 aliphatic heterocycles. The van der Waals surface area contributed by atoms with E-state index in [0.717, 1.165) is 12.1 Å². The average molecular weight is 264 g/mol. The molecule has 0 bridgehead atoms. The van der Waals surface area contributed by atoms with Crippen molar-refractivity contribution < 1.29 is 18.7 Å². The summed E-state index contributed by atoms with van der Waals surface area (Å²) in [5, 5.41) is 11.8. The van der Waals surface area contributed by atoms with Crippen molar-refractivity contribution in [1.82, 2.24) is 0 Å². The van der Waals surface area contributed by atoms with Crippen LogP contribution in [0.15, 0.2) is 36.4 Å². The monoisotopic (exact) mass is 264 g/mol. The average Bonchev–Trinajstić information content (AvgIpc) is 2.33. The fourth-order valence-electron chi connectivity index (χ4n) is 1.55. The molecule has 1 amide bonds. The largest absolute Gasteiger partial charge is 0.507 e. The molecule has 4 N–H and O–H groups in total. The molecule has 2 aromatic carbocycles. The highest BCUT2D eigenvalue weighted by molar-refractivity contribution is 6.06. The number of aromatic hydroxyl groups is 1. The molecule has 98 valence electrons. The van der Waals surface area contributed by atoms with E-state index in [1.54, 1.807) is 0 Å². The van der Waals surface area contributed by atoms with Crippen LogP contribution >= 0.6 is 0 Å². The van der Waals surface area contributed by atoms with Gasteiger partial charge in [-0.25, -0.2) is 8.78 Å². The lowest BCUT2D eigenvalue weighted by molar-refractivity contribution is 0.102. The van der Waals surface area contributed by atoms with E-state index in [9.17, 15) is 18.7 Å². The predicted molar refractivity (Wildman–Crippen MR) is 66.8 cm³/mol. The first-order valence-corrected chi connectivity index (χ1v) is 5.33. The molecular weight excluding hydrogens is 254 g/mol. The highest BCUT2D eigenvalue weighted by Gasteiger charge is 2.16. The minimum absolute atomic E-state index is 0.143. The van der Waals surface area contributed by atoms with Gasteiger partial charge >= 0.3 is 0 Å². The number of phenolic OH excluding ortho intramolecular Hbond substituents is 1. The quantitative estimate of drug-likeness (QED) is 0.729. The second-order valence-electron chi connectivity index (χ2n) is 3.82. The van der Waals surface area contributed by atoms with E-state index in [4.69, 9.17) is 5.73 Å². The van der Waals surface area contributed by atoms with Crippen molar-refractivity contribution in [1.29, 1.82) is 0 Å². The van der Waals surface area contributed by atoms with Gasteiger partial charge in [-0.15, -0.1) is 0 Å². The van der Waals surface area contributed by atoms with E-state index in [1.165, 1.54) is 24.3 Å². The Hall–Kier alpha value is -2.63. The van der Waals surface area contributed by atoms with E-state index in [-0.39, 0.29) is 11.4 Å². The number of nitrogens with one attached hydrogen (secondary N) is 1. The molecule has 0 atom stereocenters. The zero-order valence-corrected chi connectivity index (χ0v) is 9.65.